The number of aromatic nitrogens is 2. The van der Waals surface area contributed by atoms with Crippen LogP contribution in [0.3, 0.4) is 0 Å². The number of aromatic amines is 2. The van der Waals surface area contributed by atoms with Gasteiger partial charge >= 0.3 is 0 Å². The molecule has 0 bridgehead atoms. The van der Waals surface area contributed by atoms with Gasteiger partial charge in [0.05, 0.1) is 50.0 Å². The summed E-state index contributed by atoms with van der Waals surface area (Å²) in [6, 6.07) is 34.7. The number of para-hydroxylation sites is 2. The molecule has 0 radical (unpaired) electrons. The Kier molecular flexibility index (Phi) is 13.2. The van der Waals surface area contributed by atoms with Gasteiger partial charge in [-0.15, -0.1) is 11.6 Å². The number of fused-ring (bicyclic) bond motifs is 4. The summed E-state index contributed by atoms with van der Waals surface area (Å²) >= 11 is 4.82. The average Bonchev–Trinajstić information content (AvgIpc) is 3.32. The predicted molar refractivity (Wildman–Crippen MR) is 245 cm³/mol. The second-order valence-corrected chi connectivity index (χ2v) is 15.3. The lowest BCUT2D eigenvalue weighted by molar-refractivity contribution is 0.122. The highest BCUT2D eigenvalue weighted by Gasteiger charge is 2.24. The van der Waals surface area contributed by atoms with Gasteiger partial charge in [0.2, 0.25) is 11.1 Å². The van der Waals surface area contributed by atoms with E-state index in [-0.39, 0.29) is 23.5 Å². The average molecular weight is 865 g/mol. The summed E-state index contributed by atoms with van der Waals surface area (Å²) in [5.41, 5.74) is 16.6. The maximum absolute atomic E-state index is 12.4. The van der Waals surface area contributed by atoms with Gasteiger partial charge in [0.25, 0.3) is 0 Å². The Bertz CT molecular complexity index is 2820. The van der Waals surface area contributed by atoms with Crippen molar-refractivity contribution < 1.29 is 18.9 Å². The monoisotopic (exact) mass is 864 g/mol. The first-order valence-electron chi connectivity index (χ1n) is 20.6. The van der Waals surface area contributed by atoms with Gasteiger partial charge in [0.1, 0.15) is 35.4 Å². The predicted octanol–water partition coefficient (Wildman–Crippen LogP) is 7.42. The van der Waals surface area contributed by atoms with E-state index in [1.807, 2.05) is 78.9 Å². The summed E-state index contributed by atoms with van der Waals surface area (Å²) in [7, 11) is 0. The van der Waals surface area contributed by atoms with E-state index >= 15 is 0 Å². The zero-order valence-corrected chi connectivity index (χ0v) is 35.2. The number of hydrogen-bond donors (Lipinski definition) is 4. The molecule has 4 aromatic carbocycles. The molecule has 0 spiro atoms. The standard InChI is InChI=1S/C24H22N4O3.C22H21N3O3.C2H2ClN/c25-6-7-26-18-4-5-22-17(13-18)12-16-2-1-3-20(24(16)31-22)21-14-19(15-23(29)27-21)28-8-10-30-11-9-28;23-16-4-5-20-15(11-16)10-14-2-1-3-18(22(14)28-20)19-12-17(13-21(26)24-19)25-6-8-27-9-7-25;3-1-2-4/h1-5,13-15,26H,7-12H2,(H,27,29);1-5,11-13H,6-10,23H2,(H,24,26);1H2. The Morgan fingerprint density at radius 3 is 1.62 bits per heavy atom. The fourth-order valence-corrected chi connectivity index (χ4v) is 8.01. The van der Waals surface area contributed by atoms with Crippen LogP contribution in [-0.4, -0.2) is 75.0 Å². The van der Waals surface area contributed by atoms with Gasteiger partial charge in [0, 0.05) is 96.2 Å². The SMILES string of the molecule is N#CCCl.N#CCNc1ccc2c(c1)Cc1cccc(-c3cc(N4CCOCC4)cc(=O)[nH]3)c1O2.Nc1ccc2c(c1)Cc1cccc(-c3cc(N4CCOCC4)cc(=O)[nH]3)c1O2. The Morgan fingerprint density at radius 2 is 1.13 bits per heavy atom. The lowest BCUT2D eigenvalue weighted by Crippen LogP contribution is -2.36. The van der Waals surface area contributed by atoms with E-state index in [0.717, 1.165) is 123 Å². The molecule has 15 heteroatoms. The molecular weight excluding hydrogens is 820 g/mol. The largest absolute Gasteiger partial charge is 0.456 e. The number of anilines is 4. The summed E-state index contributed by atoms with van der Waals surface area (Å²) in [5.74, 6) is 3.24. The second kappa shape index (κ2) is 19.6. The van der Waals surface area contributed by atoms with Crippen molar-refractivity contribution in [3.8, 4) is 57.7 Å². The topological polar surface area (TPSA) is 195 Å². The lowest BCUT2D eigenvalue weighted by atomic mass is 9.96. The van der Waals surface area contributed by atoms with Crippen molar-refractivity contribution >= 4 is 34.4 Å². The fourth-order valence-electron chi connectivity index (χ4n) is 8.01. The number of nitrogens with zero attached hydrogens (tertiary/aromatic N) is 4. The molecule has 2 saturated heterocycles. The van der Waals surface area contributed by atoms with Crippen LogP contribution in [0.2, 0.25) is 0 Å². The lowest BCUT2D eigenvalue weighted by Gasteiger charge is -2.29. The first-order valence-corrected chi connectivity index (χ1v) is 21.1. The van der Waals surface area contributed by atoms with Crippen molar-refractivity contribution in [2.24, 2.45) is 0 Å². The number of pyridine rings is 2. The molecule has 0 unspecified atom stereocenters. The first-order chi connectivity index (χ1) is 30.8. The third-order valence-electron chi connectivity index (χ3n) is 10.9. The molecule has 14 nitrogen and oxygen atoms in total. The van der Waals surface area contributed by atoms with Crippen LogP contribution < -0.4 is 41.4 Å². The van der Waals surface area contributed by atoms with Crippen LogP contribution in [0.1, 0.15) is 22.3 Å². The minimum atomic E-state index is -0.138. The summed E-state index contributed by atoms with van der Waals surface area (Å²) < 4.78 is 23.4. The Morgan fingerprint density at radius 1 is 0.635 bits per heavy atom. The highest BCUT2D eigenvalue weighted by molar-refractivity contribution is 6.19. The van der Waals surface area contributed by atoms with E-state index in [1.165, 1.54) is 0 Å². The van der Waals surface area contributed by atoms with E-state index in [1.54, 1.807) is 18.2 Å². The quantitative estimate of drug-likeness (QED) is 0.0736. The van der Waals surface area contributed by atoms with Gasteiger partial charge in [-0.3, -0.25) is 9.59 Å². The van der Waals surface area contributed by atoms with E-state index < -0.39 is 0 Å². The first kappa shape index (κ1) is 42.5. The van der Waals surface area contributed by atoms with Crippen LogP contribution in [0.15, 0.2) is 107 Å². The van der Waals surface area contributed by atoms with Gasteiger partial charge in [0.15, 0.2) is 0 Å². The number of alkyl halides is 1. The molecule has 0 aliphatic carbocycles. The molecule has 10 rings (SSSR count). The van der Waals surface area contributed by atoms with E-state index in [2.05, 4.69) is 37.2 Å². The second-order valence-electron chi connectivity index (χ2n) is 15.1. The minimum absolute atomic E-state index is 0.0972. The summed E-state index contributed by atoms with van der Waals surface area (Å²) in [4.78, 5) is 35.1. The summed E-state index contributed by atoms with van der Waals surface area (Å²) in [5, 5.41) is 19.4. The minimum Gasteiger partial charge on any atom is -0.456 e. The van der Waals surface area contributed by atoms with Gasteiger partial charge in [-0.1, -0.05) is 24.3 Å². The molecule has 2 fully saturated rings. The van der Waals surface area contributed by atoms with Gasteiger partial charge in [-0.05, 0) is 71.8 Å². The van der Waals surface area contributed by atoms with Crippen LogP contribution >= 0.6 is 11.6 Å². The number of hydrogen-bond acceptors (Lipinski definition) is 12. The number of benzene rings is 4. The Hall–Kier alpha value is -7.23. The van der Waals surface area contributed by atoms with Crippen LogP contribution in [0.4, 0.5) is 22.7 Å². The van der Waals surface area contributed by atoms with Gasteiger partial charge < -0.3 is 49.8 Å². The molecule has 320 valence electrons. The van der Waals surface area contributed by atoms with Gasteiger partial charge in [-0.2, -0.15) is 10.5 Å². The Balaban J connectivity index is 0.000000160. The third kappa shape index (κ3) is 9.96. The summed E-state index contributed by atoms with van der Waals surface area (Å²) in [6.45, 7) is 6.01. The fraction of sp³-hybridized carbons (Fsp3) is 0.250. The molecule has 5 N–H and O–H groups in total. The molecule has 4 aliphatic rings. The number of H-pyrrole nitrogens is 2. The van der Waals surface area contributed by atoms with E-state index in [0.29, 0.717) is 32.8 Å². The number of rotatable bonds is 6. The molecule has 6 heterocycles. The number of halogens is 1. The number of nitrogens with one attached hydrogen (secondary N) is 3. The molecule has 0 saturated carbocycles. The van der Waals surface area contributed by atoms with Crippen molar-refractivity contribution in [2.75, 3.05) is 85.9 Å². The van der Waals surface area contributed by atoms with Gasteiger partial charge in [-0.25, -0.2) is 0 Å². The highest BCUT2D eigenvalue weighted by atomic mass is 35.5. The highest BCUT2D eigenvalue weighted by Crippen LogP contribution is 2.44. The van der Waals surface area contributed by atoms with Crippen molar-refractivity contribution in [1.82, 2.24) is 9.97 Å². The van der Waals surface area contributed by atoms with Crippen molar-refractivity contribution in [2.45, 2.75) is 12.8 Å². The van der Waals surface area contributed by atoms with Crippen LogP contribution in [-0.2, 0) is 22.3 Å². The maximum atomic E-state index is 12.4. The summed E-state index contributed by atoms with van der Waals surface area (Å²) in [6.07, 6.45) is 1.46. The number of nitriles is 2. The zero-order valence-electron chi connectivity index (χ0n) is 34.4. The number of nitrogens with two attached hydrogens (primary N) is 1. The number of nitrogen functional groups attached to an aromatic ring is 1. The van der Waals surface area contributed by atoms with Crippen molar-refractivity contribution in [3.63, 3.8) is 0 Å². The third-order valence-corrected chi connectivity index (χ3v) is 11.1. The van der Waals surface area contributed by atoms with Crippen LogP contribution in [0.5, 0.6) is 23.0 Å². The van der Waals surface area contributed by atoms with Crippen LogP contribution in [0.25, 0.3) is 22.5 Å². The molecule has 0 atom stereocenters. The van der Waals surface area contributed by atoms with E-state index in [4.69, 9.17) is 46.8 Å². The smallest absolute Gasteiger partial charge is 0.250 e. The van der Waals surface area contributed by atoms with Crippen LogP contribution in [0, 0.1) is 22.7 Å². The molecule has 6 aromatic rings. The zero-order chi connectivity index (χ0) is 43.7. The van der Waals surface area contributed by atoms with E-state index in [9.17, 15) is 9.59 Å². The molecule has 2 aromatic heterocycles. The number of ether oxygens (including phenoxy) is 4. The molecule has 63 heavy (non-hydrogen) atoms. The maximum Gasteiger partial charge on any atom is 0.250 e. The molecule has 4 aliphatic heterocycles. The van der Waals surface area contributed by atoms with Crippen molar-refractivity contribution in [3.05, 3.63) is 140 Å². The molecule has 0 amide bonds. The Labute approximate surface area is 369 Å². The normalized spacial score (nSPS) is 14.5. The molecular formula is C48H45ClN8O6. The number of morpholine rings is 2. The van der Waals surface area contributed by atoms with Crippen molar-refractivity contribution in [1.29, 1.82) is 10.5 Å².